The van der Waals surface area contributed by atoms with Crippen molar-refractivity contribution in [1.82, 2.24) is 0 Å². The topological polar surface area (TPSA) is 44.5 Å². The highest BCUT2D eigenvalue weighted by atomic mass is 16.5. The predicted molar refractivity (Wildman–Crippen MR) is 65.9 cm³/mol. The van der Waals surface area contributed by atoms with Crippen molar-refractivity contribution in [2.75, 3.05) is 14.2 Å². The van der Waals surface area contributed by atoms with Crippen molar-refractivity contribution in [2.24, 2.45) is 11.7 Å². The van der Waals surface area contributed by atoms with Gasteiger partial charge in [-0.25, -0.2) is 0 Å². The minimum atomic E-state index is -0.0499. The largest absolute Gasteiger partial charge is 0.496 e. The number of benzene rings is 1. The summed E-state index contributed by atoms with van der Waals surface area (Å²) in [6.07, 6.45) is 0.913. The van der Waals surface area contributed by atoms with Gasteiger partial charge >= 0.3 is 0 Å². The van der Waals surface area contributed by atoms with E-state index in [1.54, 1.807) is 14.2 Å². The molecule has 1 rings (SSSR count). The van der Waals surface area contributed by atoms with E-state index >= 15 is 0 Å². The van der Waals surface area contributed by atoms with Gasteiger partial charge in [0.1, 0.15) is 11.5 Å². The lowest BCUT2D eigenvalue weighted by molar-refractivity contribution is 0.371. The Kier molecular flexibility index (Phi) is 4.62. The Bertz CT molecular complexity index is 314. The molecule has 16 heavy (non-hydrogen) atoms. The van der Waals surface area contributed by atoms with Crippen LogP contribution in [-0.2, 0) is 0 Å². The molecule has 0 bridgehead atoms. The van der Waals surface area contributed by atoms with E-state index in [1.165, 1.54) is 0 Å². The molecule has 1 atom stereocenters. The highest BCUT2D eigenvalue weighted by Crippen LogP contribution is 2.35. The summed E-state index contributed by atoms with van der Waals surface area (Å²) in [5, 5.41) is 0. The number of rotatable bonds is 5. The molecule has 0 spiro atoms. The molecule has 0 unspecified atom stereocenters. The molecule has 0 aliphatic carbocycles. The summed E-state index contributed by atoms with van der Waals surface area (Å²) in [6.45, 7) is 4.31. The summed E-state index contributed by atoms with van der Waals surface area (Å²) in [5.41, 5.74) is 7.15. The first-order valence-corrected chi connectivity index (χ1v) is 5.56. The van der Waals surface area contributed by atoms with Crippen molar-refractivity contribution in [3.05, 3.63) is 23.8 Å². The molecule has 0 radical (unpaired) electrons. The summed E-state index contributed by atoms with van der Waals surface area (Å²) in [4.78, 5) is 0. The third kappa shape index (κ3) is 2.89. The fourth-order valence-electron chi connectivity index (χ4n) is 1.87. The highest BCUT2D eigenvalue weighted by molar-refractivity contribution is 5.46. The van der Waals surface area contributed by atoms with E-state index in [2.05, 4.69) is 13.8 Å². The summed E-state index contributed by atoms with van der Waals surface area (Å²) < 4.78 is 10.7. The van der Waals surface area contributed by atoms with Crippen molar-refractivity contribution in [3.63, 3.8) is 0 Å². The lowest BCUT2D eigenvalue weighted by atomic mass is 9.96. The van der Waals surface area contributed by atoms with Crippen LogP contribution in [0.25, 0.3) is 0 Å². The van der Waals surface area contributed by atoms with Crippen LogP contribution in [0, 0.1) is 5.92 Å². The van der Waals surface area contributed by atoms with Gasteiger partial charge in [-0.2, -0.15) is 0 Å². The normalized spacial score (nSPS) is 12.6. The maximum atomic E-state index is 6.19. The van der Waals surface area contributed by atoms with Crippen LogP contribution in [-0.4, -0.2) is 14.2 Å². The van der Waals surface area contributed by atoms with Crippen molar-refractivity contribution in [1.29, 1.82) is 0 Å². The van der Waals surface area contributed by atoms with Crippen LogP contribution in [0.3, 0.4) is 0 Å². The second-order valence-corrected chi connectivity index (χ2v) is 4.31. The summed E-state index contributed by atoms with van der Waals surface area (Å²) >= 11 is 0. The molecule has 0 aliphatic rings. The van der Waals surface area contributed by atoms with Gasteiger partial charge in [0.15, 0.2) is 0 Å². The van der Waals surface area contributed by atoms with Crippen LogP contribution < -0.4 is 15.2 Å². The van der Waals surface area contributed by atoms with Crippen LogP contribution in [0.4, 0.5) is 0 Å². The van der Waals surface area contributed by atoms with Gasteiger partial charge in [-0.15, -0.1) is 0 Å². The zero-order valence-electron chi connectivity index (χ0n) is 10.5. The number of methoxy groups -OCH3 is 2. The molecule has 0 amide bonds. The fourth-order valence-corrected chi connectivity index (χ4v) is 1.87. The molecular formula is C13H21NO2. The zero-order valence-corrected chi connectivity index (χ0v) is 10.5. The number of ether oxygens (including phenoxy) is 2. The molecule has 1 aromatic rings. The molecule has 90 valence electrons. The molecule has 1 aromatic carbocycles. The van der Waals surface area contributed by atoms with Crippen LogP contribution in [0.15, 0.2) is 18.2 Å². The summed E-state index contributed by atoms with van der Waals surface area (Å²) in [7, 11) is 3.31. The molecule has 2 N–H and O–H groups in total. The van der Waals surface area contributed by atoms with Crippen LogP contribution in [0.2, 0.25) is 0 Å². The first-order valence-electron chi connectivity index (χ1n) is 5.56. The van der Waals surface area contributed by atoms with Crippen molar-refractivity contribution in [3.8, 4) is 11.5 Å². The fraction of sp³-hybridized carbons (Fsp3) is 0.538. The van der Waals surface area contributed by atoms with Gasteiger partial charge in [-0.05, 0) is 24.5 Å². The molecule has 0 aromatic heterocycles. The average Bonchev–Trinajstić information content (AvgIpc) is 2.26. The van der Waals surface area contributed by atoms with Crippen molar-refractivity contribution >= 4 is 0 Å². The Balaban J connectivity index is 3.07. The average molecular weight is 223 g/mol. The summed E-state index contributed by atoms with van der Waals surface area (Å²) in [5.74, 6) is 2.14. The first-order chi connectivity index (χ1) is 7.60. The van der Waals surface area contributed by atoms with Gasteiger partial charge in [0.05, 0.1) is 19.8 Å². The smallest absolute Gasteiger partial charge is 0.127 e. The molecule has 0 saturated carbocycles. The minimum absolute atomic E-state index is 0.0499. The Morgan fingerprint density at radius 1 is 1.12 bits per heavy atom. The van der Waals surface area contributed by atoms with Crippen LogP contribution in [0.5, 0.6) is 11.5 Å². The molecule has 3 heteroatoms. The molecule has 0 heterocycles. The standard InChI is InChI=1S/C13H21NO2/c1-9(2)8-10(14)13-11(15-3)6-5-7-12(13)16-4/h5-7,9-10H,8,14H2,1-4H3/t10-/m0/s1. The minimum Gasteiger partial charge on any atom is -0.496 e. The van der Waals surface area contributed by atoms with Gasteiger partial charge in [0, 0.05) is 6.04 Å². The van der Waals surface area contributed by atoms with E-state index in [0.717, 1.165) is 23.5 Å². The summed E-state index contributed by atoms with van der Waals surface area (Å²) in [6, 6.07) is 5.69. The van der Waals surface area contributed by atoms with E-state index in [0.29, 0.717) is 5.92 Å². The Morgan fingerprint density at radius 2 is 1.62 bits per heavy atom. The van der Waals surface area contributed by atoms with E-state index in [1.807, 2.05) is 18.2 Å². The van der Waals surface area contributed by atoms with Gasteiger partial charge in [0.25, 0.3) is 0 Å². The first kappa shape index (κ1) is 12.8. The van der Waals surface area contributed by atoms with Gasteiger partial charge < -0.3 is 15.2 Å². The van der Waals surface area contributed by atoms with E-state index in [9.17, 15) is 0 Å². The van der Waals surface area contributed by atoms with E-state index in [-0.39, 0.29) is 6.04 Å². The predicted octanol–water partition coefficient (Wildman–Crippen LogP) is 2.75. The van der Waals surface area contributed by atoms with Crippen LogP contribution >= 0.6 is 0 Å². The van der Waals surface area contributed by atoms with Gasteiger partial charge in [-0.1, -0.05) is 19.9 Å². The maximum Gasteiger partial charge on any atom is 0.127 e. The molecular weight excluding hydrogens is 202 g/mol. The second-order valence-electron chi connectivity index (χ2n) is 4.31. The SMILES string of the molecule is COc1cccc(OC)c1[C@@H](N)CC(C)C. The highest BCUT2D eigenvalue weighted by Gasteiger charge is 2.18. The Hall–Kier alpha value is -1.22. The van der Waals surface area contributed by atoms with Gasteiger partial charge in [0.2, 0.25) is 0 Å². The maximum absolute atomic E-state index is 6.19. The second kappa shape index (κ2) is 5.75. The molecule has 0 fully saturated rings. The van der Waals surface area contributed by atoms with Crippen molar-refractivity contribution in [2.45, 2.75) is 26.3 Å². The van der Waals surface area contributed by atoms with Crippen molar-refractivity contribution < 1.29 is 9.47 Å². The van der Waals surface area contributed by atoms with Gasteiger partial charge in [-0.3, -0.25) is 0 Å². The molecule has 0 saturated heterocycles. The van der Waals surface area contributed by atoms with E-state index in [4.69, 9.17) is 15.2 Å². The number of hydrogen-bond donors (Lipinski definition) is 1. The Labute approximate surface area is 97.6 Å². The monoisotopic (exact) mass is 223 g/mol. The number of hydrogen-bond acceptors (Lipinski definition) is 3. The zero-order chi connectivity index (χ0) is 12.1. The quantitative estimate of drug-likeness (QED) is 0.834. The third-order valence-corrected chi connectivity index (χ3v) is 2.56. The molecule has 3 nitrogen and oxygen atoms in total. The lowest BCUT2D eigenvalue weighted by Crippen LogP contribution is -2.15. The number of nitrogens with two attached hydrogens (primary N) is 1. The van der Waals surface area contributed by atoms with E-state index < -0.39 is 0 Å². The van der Waals surface area contributed by atoms with Crippen LogP contribution in [0.1, 0.15) is 31.9 Å². The molecule has 0 aliphatic heterocycles. The Morgan fingerprint density at radius 3 is 2.00 bits per heavy atom. The third-order valence-electron chi connectivity index (χ3n) is 2.56. The lowest BCUT2D eigenvalue weighted by Gasteiger charge is -2.20.